The standard InChI is InChI=1S/C21H21ClO8/c1-8-4-3-5-10-13-9(2)6-11(15(22)19(13)30-20(27)14(8)10)28-21-18(26)17(25)16(24)12(7-23)29-21/h3-6,12,16-18,21,23-26H,7H2,1-2H3/t12-,16-,17+,18-,21-/m1/s1. The molecule has 30 heavy (non-hydrogen) atoms. The monoisotopic (exact) mass is 436 g/mol. The largest absolute Gasteiger partial charge is 0.460 e. The summed E-state index contributed by atoms with van der Waals surface area (Å²) in [5, 5.41) is 41.2. The summed E-state index contributed by atoms with van der Waals surface area (Å²) in [4.78, 5) is 12.6. The number of aliphatic hydroxyl groups excluding tert-OH is 4. The number of aryl methyl sites for hydroxylation is 2. The van der Waals surface area contributed by atoms with Gasteiger partial charge in [0.1, 0.15) is 35.2 Å². The van der Waals surface area contributed by atoms with Crippen LogP contribution in [0.3, 0.4) is 0 Å². The number of halogens is 1. The van der Waals surface area contributed by atoms with Crippen molar-refractivity contribution in [2.45, 2.75) is 44.6 Å². The molecule has 0 bridgehead atoms. The maximum atomic E-state index is 12.6. The molecule has 0 unspecified atom stereocenters. The second-order valence-corrected chi connectivity index (χ2v) is 7.79. The van der Waals surface area contributed by atoms with E-state index >= 15 is 0 Å². The molecule has 0 amide bonds. The van der Waals surface area contributed by atoms with Crippen molar-refractivity contribution in [2.24, 2.45) is 0 Å². The predicted molar refractivity (Wildman–Crippen MR) is 109 cm³/mol. The van der Waals surface area contributed by atoms with Gasteiger partial charge in [0.05, 0.1) is 12.0 Å². The molecule has 8 nitrogen and oxygen atoms in total. The molecule has 1 aromatic heterocycles. The van der Waals surface area contributed by atoms with Crippen LogP contribution in [0.5, 0.6) is 5.75 Å². The topological polar surface area (TPSA) is 130 Å². The van der Waals surface area contributed by atoms with Crippen molar-refractivity contribution in [3.8, 4) is 5.75 Å². The summed E-state index contributed by atoms with van der Waals surface area (Å²) >= 11 is 6.47. The first-order chi connectivity index (χ1) is 14.2. The number of ether oxygens (including phenoxy) is 2. The SMILES string of the molecule is Cc1cccc2c1c(=O)oc1c(Cl)c(O[C@@H]3O[C@H](CO)[C@@H](O)[C@H](O)[C@H]3O)cc(C)c12. The minimum Gasteiger partial charge on any atom is -0.460 e. The predicted octanol–water partition coefficient (Wildman–Crippen LogP) is 1.40. The van der Waals surface area contributed by atoms with Gasteiger partial charge in [-0.25, -0.2) is 4.79 Å². The van der Waals surface area contributed by atoms with E-state index in [4.69, 9.17) is 25.5 Å². The highest BCUT2D eigenvalue weighted by molar-refractivity contribution is 6.37. The second-order valence-electron chi connectivity index (χ2n) is 7.41. The highest BCUT2D eigenvalue weighted by atomic mass is 35.5. The molecule has 4 rings (SSSR count). The first kappa shape index (κ1) is 21.0. The maximum absolute atomic E-state index is 12.6. The van der Waals surface area contributed by atoms with Crippen LogP contribution in [0.1, 0.15) is 11.1 Å². The minimum atomic E-state index is -1.60. The van der Waals surface area contributed by atoms with Gasteiger partial charge in [0.15, 0.2) is 5.58 Å². The summed E-state index contributed by atoms with van der Waals surface area (Å²) in [5.74, 6) is 0.0566. The summed E-state index contributed by atoms with van der Waals surface area (Å²) in [5.41, 5.74) is 1.06. The molecule has 4 N–H and O–H groups in total. The fraction of sp³-hybridized carbons (Fsp3) is 0.381. The number of hydrogen-bond donors (Lipinski definition) is 4. The van der Waals surface area contributed by atoms with Crippen molar-refractivity contribution in [1.29, 1.82) is 0 Å². The molecular formula is C21H21ClO8. The van der Waals surface area contributed by atoms with Gasteiger partial charge in [-0.3, -0.25) is 0 Å². The lowest BCUT2D eigenvalue weighted by molar-refractivity contribution is -0.277. The summed E-state index contributed by atoms with van der Waals surface area (Å²) in [6, 6.07) is 7.07. The molecule has 160 valence electrons. The third-order valence-corrected chi connectivity index (χ3v) is 5.78. The highest BCUT2D eigenvalue weighted by Crippen LogP contribution is 2.39. The maximum Gasteiger partial charge on any atom is 0.344 e. The Morgan fingerprint density at radius 1 is 1.07 bits per heavy atom. The lowest BCUT2D eigenvalue weighted by Crippen LogP contribution is -2.60. The van der Waals surface area contributed by atoms with Crippen LogP contribution in [0.15, 0.2) is 33.5 Å². The van der Waals surface area contributed by atoms with Crippen molar-refractivity contribution >= 4 is 33.3 Å². The quantitative estimate of drug-likeness (QED) is 0.358. The molecule has 1 aliphatic rings. The minimum absolute atomic E-state index is 0.00642. The molecule has 1 fully saturated rings. The Labute approximate surface area is 175 Å². The van der Waals surface area contributed by atoms with Crippen LogP contribution < -0.4 is 10.4 Å². The second kappa shape index (κ2) is 7.81. The fourth-order valence-corrected chi connectivity index (χ4v) is 4.06. The van der Waals surface area contributed by atoms with E-state index in [1.807, 2.05) is 25.1 Å². The number of rotatable bonds is 3. The van der Waals surface area contributed by atoms with E-state index in [-0.39, 0.29) is 16.4 Å². The lowest BCUT2D eigenvalue weighted by Gasteiger charge is -2.39. The zero-order chi connectivity index (χ0) is 21.7. The van der Waals surface area contributed by atoms with E-state index in [1.54, 1.807) is 13.0 Å². The van der Waals surface area contributed by atoms with Crippen LogP contribution in [-0.4, -0.2) is 57.7 Å². The van der Waals surface area contributed by atoms with Crippen molar-refractivity contribution in [3.05, 3.63) is 50.8 Å². The van der Waals surface area contributed by atoms with E-state index in [2.05, 4.69) is 0 Å². The van der Waals surface area contributed by atoms with Gasteiger partial charge in [0.25, 0.3) is 0 Å². The van der Waals surface area contributed by atoms with Crippen LogP contribution in [0, 0.1) is 13.8 Å². The van der Waals surface area contributed by atoms with Gasteiger partial charge >= 0.3 is 5.63 Å². The molecule has 5 atom stereocenters. The number of benzene rings is 2. The van der Waals surface area contributed by atoms with E-state index in [1.165, 1.54) is 0 Å². The zero-order valence-corrected chi connectivity index (χ0v) is 17.0. The van der Waals surface area contributed by atoms with Crippen LogP contribution in [0.2, 0.25) is 5.02 Å². The van der Waals surface area contributed by atoms with Crippen molar-refractivity contribution in [2.75, 3.05) is 6.61 Å². The normalized spacial score (nSPS) is 27.0. The Hall–Kier alpha value is -2.20. The van der Waals surface area contributed by atoms with Gasteiger partial charge in [0, 0.05) is 10.8 Å². The summed E-state index contributed by atoms with van der Waals surface area (Å²) in [6.07, 6.45) is -7.23. The van der Waals surface area contributed by atoms with E-state index < -0.39 is 42.9 Å². The lowest BCUT2D eigenvalue weighted by atomic mass is 9.99. The van der Waals surface area contributed by atoms with Crippen molar-refractivity contribution in [3.63, 3.8) is 0 Å². The summed E-state index contributed by atoms with van der Waals surface area (Å²) < 4.78 is 16.5. The third kappa shape index (κ3) is 3.26. The van der Waals surface area contributed by atoms with Crippen LogP contribution in [-0.2, 0) is 4.74 Å². The van der Waals surface area contributed by atoms with Gasteiger partial charge in [-0.15, -0.1) is 0 Å². The Morgan fingerprint density at radius 3 is 2.50 bits per heavy atom. The van der Waals surface area contributed by atoms with Crippen LogP contribution in [0.25, 0.3) is 21.7 Å². The van der Waals surface area contributed by atoms with Gasteiger partial charge in [-0.1, -0.05) is 29.8 Å². The molecular weight excluding hydrogens is 416 g/mol. The fourth-order valence-electron chi connectivity index (χ4n) is 3.83. The molecule has 1 saturated heterocycles. The number of hydrogen-bond acceptors (Lipinski definition) is 8. The molecule has 0 radical (unpaired) electrons. The first-order valence-electron chi connectivity index (χ1n) is 9.37. The number of fused-ring (bicyclic) bond motifs is 3. The summed E-state index contributed by atoms with van der Waals surface area (Å²) in [7, 11) is 0. The zero-order valence-electron chi connectivity index (χ0n) is 16.2. The molecule has 1 aliphatic heterocycles. The molecule has 0 spiro atoms. The van der Waals surface area contributed by atoms with Crippen LogP contribution >= 0.6 is 11.6 Å². The Kier molecular flexibility index (Phi) is 5.48. The van der Waals surface area contributed by atoms with Crippen LogP contribution in [0.4, 0.5) is 0 Å². The van der Waals surface area contributed by atoms with Gasteiger partial charge in [0.2, 0.25) is 6.29 Å². The van der Waals surface area contributed by atoms with Crippen molar-refractivity contribution < 1.29 is 34.3 Å². The molecule has 0 saturated carbocycles. The molecule has 3 aromatic rings. The molecule has 9 heteroatoms. The van der Waals surface area contributed by atoms with Gasteiger partial charge < -0.3 is 34.3 Å². The Bertz CT molecular complexity index is 1170. The molecule has 0 aliphatic carbocycles. The van der Waals surface area contributed by atoms with Crippen molar-refractivity contribution in [1.82, 2.24) is 0 Å². The molecule has 2 heterocycles. The molecule has 2 aromatic carbocycles. The first-order valence-corrected chi connectivity index (χ1v) is 9.74. The Morgan fingerprint density at radius 2 is 1.80 bits per heavy atom. The van der Waals surface area contributed by atoms with E-state index in [0.717, 1.165) is 5.56 Å². The smallest absolute Gasteiger partial charge is 0.344 e. The van der Waals surface area contributed by atoms with E-state index in [9.17, 15) is 25.2 Å². The van der Waals surface area contributed by atoms with Gasteiger partial charge in [-0.2, -0.15) is 0 Å². The number of aliphatic hydroxyl groups is 4. The van der Waals surface area contributed by atoms with E-state index in [0.29, 0.717) is 21.7 Å². The average Bonchev–Trinajstić information content (AvgIpc) is 2.71. The summed E-state index contributed by atoms with van der Waals surface area (Å²) in [6.45, 7) is 3.02. The Balaban J connectivity index is 1.83. The van der Waals surface area contributed by atoms with Gasteiger partial charge in [-0.05, 0) is 31.0 Å². The third-order valence-electron chi connectivity index (χ3n) is 5.42. The average molecular weight is 437 g/mol. The highest BCUT2D eigenvalue weighted by Gasteiger charge is 2.45.